The van der Waals surface area contributed by atoms with Crippen molar-refractivity contribution < 1.29 is 22.4 Å². The van der Waals surface area contributed by atoms with Crippen molar-refractivity contribution in [2.24, 2.45) is 0 Å². The number of furan rings is 1. The minimum Gasteiger partial charge on any atom is -0.467 e. The molecule has 3 aromatic carbocycles. The van der Waals surface area contributed by atoms with E-state index in [-0.39, 0.29) is 22.7 Å². The summed E-state index contributed by atoms with van der Waals surface area (Å²) in [5, 5.41) is 5.48. The molecule has 0 aliphatic heterocycles. The van der Waals surface area contributed by atoms with Gasteiger partial charge in [0.2, 0.25) is 5.91 Å². The summed E-state index contributed by atoms with van der Waals surface area (Å²) in [5.74, 6) is -0.408. The Morgan fingerprint density at radius 2 is 1.61 bits per heavy atom. The molecule has 0 spiro atoms. The van der Waals surface area contributed by atoms with Crippen LogP contribution in [0.25, 0.3) is 0 Å². The Hall–Kier alpha value is -4.37. The van der Waals surface area contributed by atoms with Gasteiger partial charge in [-0.25, -0.2) is 8.42 Å². The van der Waals surface area contributed by atoms with Crippen LogP contribution in [0.4, 0.5) is 11.4 Å². The Kier molecular flexibility index (Phi) is 7.97. The molecule has 1 heterocycles. The molecule has 0 radical (unpaired) electrons. The highest BCUT2D eigenvalue weighted by atomic mass is 32.2. The molecule has 0 saturated heterocycles. The second kappa shape index (κ2) is 11.4. The second-order valence-corrected chi connectivity index (χ2v) is 10.8. The van der Waals surface area contributed by atoms with Gasteiger partial charge < -0.3 is 15.1 Å². The third-order valence-electron chi connectivity index (χ3n) is 6.19. The van der Waals surface area contributed by atoms with Gasteiger partial charge in [-0.2, -0.15) is 0 Å². The highest BCUT2D eigenvalue weighted by molar-refractivity contribution is 7.92. The van der Waals surface area contributed by atoms with Gasteiger partial charge in [-0.05, 0) is 74.4 Å². The standard InChI is InChI=1S/C29H29N3O5S/c1-20-13-15-24(16-14-20)38(35,36)32(27-12-6-8-21(2)22(27)3)19-28(33)31-26-11-5-4-10-25(26)29(34)30-18-23-9-7-17-37-23/h4-17H,18-19H2,1-3H3,(H,30,34)(H,31,33). The molecule has 0 saturated carbocycles. The molecule has 9 heteroatoms. The average Bonchev–Trinajstić information content (AvgIpc) is 3.42. The zero-order valence-corrected chi connectivity index (χ0v) is 22.2. The van der Waals surface area contributed by atoms with Gasteiger partial charge in [0.15, 0.2) is 0 Å². The maximum absolute atomic E-state index is 13.7. The molecule has 0 aliphatic carbocycles. The summed E-state index contributed by atoms with van der Waals surface area (Å²) in [4.78, 5) is 26.2. The number of carbonyl (C=O) groups excluding carboxylic acids is 2. The number of benzene rings is 3. The fourth-order valence-corrected chi connectivity index (χ4v) is 5.41. The molecule has 4 rings (SSSR count). The smallest absolute Gasteiger partial charge is 0.264 e. The van der Waals surface area contributed by atoms with Crippen molar-refractivity contribution in [1.82, 2.24) is 5.32 Å². The van der Waals surface area contributed by atoms with Gasteiger partial charge >= 0.3 is 0 Å². The molecule has 1 aromatic heterocycles. The van der Waals surface area contributed by atoms with Gasteiger partial charge in [0.05, 0.1) is 34.6 Å². The number of aryl methyl sites for hydroxylation is 2. The van der Waals surface area contributed by atoms with Gasteiger partial charge in [0, 0.05) is 0 Å². The summed E-state index contributed by atoms with van der Waals surface area (Å²) >= 11 is 0. The molecule has 0 atom stereocenters. The lowest BCUT2D eigenvalue weighted by molar-refractivity contribution is -0.114. The second-order valence-electron chi connectivity index (χ2n) is 8.90. The normalized spacial score (nSPS) is 11.1. The molecule has 0 aliphatic rings. The first-order chi connectivity index (χ1) is 18.2. The van der Waals surface area contributed by atoms with E-state index in [4.69, 9.17) is 4.42 Å². The van der Waals surface area contributed by atoms with Crippen molar-refractivity contribution in [2.75, 3.05) is 16.2 Å². The Morgan fingerprint density at radius 3 is 2.32 bits per heavy atom. The Balaban J connectivity index is 1.61. The number of rotatable bonds is 9. The summed E-state index contributed by atoms with van der Waals surface area (Å²) in [6.45, 7) is 5.27. The van der Waals surface area contributed by atoms with E-state index in [1.807, 2.05) is 26.8 Å². The molecule has 2 amide bonds. The molecular formula is C29H29N3O5S. The topological polar surface area (TPSA) is 109 Å². The number of carbonyl (C=O) groups is 2. The molecule has 0 bridgehead atoms. The monoisotopic (exact) mass is 531 g/mol. The minimum absolute atomic E-state index is 0.0783. The van der Waals surface area contributed by atoms with Gasteiger partial charge in [0.1, 0.15) is 12.3 Å². The van der Waals surface area contributed by atoms with Gasteiger partial charge in [-0.3, -0.25) is 13.9 Å². The van der Waals surface area contributed by atoms with Gasteiger partial charge in [-0.15, -0.1) is 0 Å². The first-order valence-corrected chi connectivity index (χ1v) is 13.5. The number of para-hydroxylation sites is 1. The Morgan fingerprint density at radius 1 is 0.868 bits per heavy atom. The third-order valence-corrected chi connectivity index (χ3v) is 7.96. The number of nitrogens with one attached hydrogen (secondary N) is 2. The fraction of sp³-hybridized carbons (Fsp3) is 0.172. The van der Waals surface area contributed by atoms with E-state index in [1.54, 1.807) is 60.7 Å². The first kappa shape index (κ1) is 26.7. The van der Waals surface area contributed by atoms with Crippen LogP contribution in [0.3, 0.4) is 0 Å². The van der Waals surface area contributed by atoms with E-state index in [2.05, 4.69) is 10.6 Å². The van der Waals surface area contributed by atoms with Crippen LogP contribution in [0.15, 0.2) is 94.4 Å². The summed E-state index contributed by atoms with van der Waals surface area (Å²) in [6.07, 6.45) is 1.52. The number of anilines is 2. The molecule has 0 unspecified atom stereocenters. The van der Waals surface area contributed by atoms with Crippen molar-refractivity contribution in [3.05, 3.63) is 113 Å². The maximum Gasteiger partial charge on any atom is 0.264 e. The van der Waals surface area contributed by atoms with Crippen molar-refractivity contribution in [3.63, 3.8) is 0 Å². The maximum atomic E-state index is 13.7. The predicted octanol–water partition coefficient (Wildman–Crippen LogP) is 4.97. The van der Waals surface area contributed by atoms with Gasteiger partial charge in [0.25, 0.3) is 15.9 Å². The first-order valence-electron chi connectivity index (χ1n) is 12.0. The quantitative estimate of drug-likeness (QED) is 0.317. The number of amides is 2. The van der Waals surface area contributed by atoms with Crippen LogP contribution < -0.4 is 14.9 Å². The number of hydrogen-bond acceptors (Lipinski definition) is 5. The predicted molar refractivity (Wildman–Crippen MR) is 147 cm³/mol. The van der Waals surface area contributed by atoms with E-state index in [0.29, 0.717) is 11.4 Å². The van der Waals surface area contributed by atoms with Crippen LogP contribution in [0.1, 0.15) is 32.8 Å². The van der Waals surface area contributed by atoms with Crippen molar-refractivity contribution in [1.29, 1.82) is 0 Å². The fourth-order valence-electron chi connectivity index (χ4n) is 3.93. The average molecular weight is 532 g/mol. The van der Waals surface area contributed by atoms with Gasteiger partial charge in [-0.1, -0.05) is 42.0 Å². The summed E-state index contributed by atoms with van der Waals surface area (Å²) in [5.41, 5.74) is 3.47. The number of nitrogens with zero attached hydrogens (tertiary/aromatic N) is 1. The lowest BCUT2D eigenvalue weighted by atomic mass is 10.1. The van der Waals surface area contributed by atoms with E-state index in [9.17, 15) is 18.0 Å². The lowest BCUT2D eigenvalue weighted by Gasteiger charge is -2.26. The van der Waals surface area contributed by atoms with Crippen LogP contribution in [-0.4, -0.2) is 26.8 Å². The number of sulfonamides is 1. The highest BCUT2D eigenvalue weighted by Gasteiger charge is 2.29. The Labute approximate surface area is 222 Å². The molecule has 38 heavy (non-hydrogen) atoms. The number of hydrogen-bond donors (Lipinski definition) is 2. The van der Waals surface area contributed by atoms with E-state index in [1.165, 1.54) is 18.4 Å². The van der Waals surface area contributed by atoms with Crippen molar-refractivity contribution in [3.8, 4) is 0 Å². The van der Waals surface area contributed by atoms with Crippen molar-refractivity contribution in [2.45, 2.75) is 32.2 Å². The van der Waals surface area contributed by atoms with Crippen LogP contribution in [0.5, 0.6) is 0 Å². The lowest BCUT2D eigenvalue weighted by Crippen LogP contribution is -2.39. The van der Waals surface area contributed by atoms with Crippen LogP contribution in [-0.2, 0) is 21.4 Å². The molecular weight excluding hydrogens is 502 g/mol. The summed E-state index contributed by atoms with van der Waals surface area (Å²) < 4.78 is 33.8. The summed E-state index contributed by atoms with van der Waals surface area (Å²) in [7, 11) is -4.07. The van der Waals surface area contributed by atoms with Crippen molar-refractivity contribution >= 4 is 33.2 Å². The zero-order chi connectivity index (χ0) is 27.3. The molecule has 4 aromatic rings. The highest BCUT2D eigenvalue weighted by Crippen LogP contribution is 2.29. The van der Waals surface area contributed by atoms with Crippen LogP contribution in [0, 0.1) is 20.8 Å². The molecule has 2 N–H and O–H groups in total. The minimum atomic E-state index is -4.07. The molecule has 196 valence electrons. The molecule has 0 fully saturated rings. The van der Waals surface area contributed by atoms with E-state index in [0.717, 1.165) is 21.0 Å². The third kappa shape index (κ3) is 5.95. The largest absolute Gasteiger partial charge is 0.467 e. The molecule has 8 nitrogen and oxygen atoms in total. The zero-order valence-electron chi connectivity index (χ0n) is 21.4. The van der Waals surface area contributed by atoms with E-state index >= 15 is 0 Å². The van der Waals surface area contributed by atoms with E-state index < -0.39 is 28.4 Å². The Bertz CT molecular complexity index is 1550. The summed E-state index contributed by atoms with van der Waals surface area (Å²) in [6, 6.07) is 21.8. The van der Waals surface area contributed by atoms with Crippen LogP contribution >= 0.6 is 0 Å². The van der Waals surface area contributed by atoms with Crippen LogP contribution in [0.2, 0.25) is 0 Å². The SMILES string of the molecule is Cc1ccc(S(=O)(=O)N(CC(=O)Nc2ccccc2C(=O)NCc2ccco2)c2cccc(C)c2C)cc1.